The van der Waals surface area contributed by atoms with Crippen LogP contribution in [0.15, 0.2) is 36.4 Å². The summed E-state index contributed by atoms with van der Waals surface area (Å²) >= 11 is 0. The van der Waals surface area contributed by atoms with Gasteiger partial charge < -0.3 is 15.5 Å². The van der Waals surface area contributed by atoms with Gasteiger partial charge in [0.15, 0.2) is 0 Å². The Labute approximate surface area is 172 Å². The molecule has 3 N–H and O–H groups in total. The van der Waals surface area contributed by atoms with E-state index >= 15 is 0 Å². The molecule has 4 nitrogen and oxygen atoms in total. The van der Waals surface area contributed by atoms with Crippen molar-refractivity contribution in [3.8, 4) is 16.9 Å². The molecule has 1 fully saturated rings. The van der Waals surface area contributed by atoms with E-state index < -0.39 is 11.9 Å². The van der Waals surface area contributed by atoms with Crippen LogP contribution in [0.2, 0.25) is 0 Å². The van der Waals surface area contributed by atoms with E-state index in [1.807, 2.05) is 18.2 Å². The van der Waals surface area contributed by atoms with Crippen LogP contribution in [0.1, 0.15) is 24.6 Å². The number of hydrogen-bond acceptors (Lipinski definition) is 3. The second-order valence-electron chi connectivity index (χ2n) is 8.51. The molecular formula is C23H24F3N3O. The number of H-pyrrole nitrogens is 1. The predicted octanol–water partition coefficient (Wildman–Crippen LogP) is 5.08. The molecule has 0 amide bonds. The lowest BCUT2D eigenvalue weighted by atomic mass is 9.91. The zero-order valence-corrected chi connectivity index (χ0v) is 16.7. The zero-order chi connectivity index (χ0) is 21.0. The summed E-state index contributed by atoms with van der Waals surface area (Å²) < 4.78 is 45.5. The molecular weight excluding hydrogens is 391 g/mol. The second kappa shape index (κ2) is 6.94. The molecule has 30 heavy (non-hydrogen) atoms. The van der Waals surface area contributed by atoms with Crippen molar-refractivity contribution in [1.82, 2.24) is 9.88 Å². The molecule has 0 unspecified atom stereocenters. The van der Waals surface area contributed by atoms with Crippen molar-refractivity contribution in [1.29, 1.82) is 0 Å². The minimum absolute atomic E-state index is 0.303. The number of anilines is 1. The molecule has 3 aromatic rings. The van der Waals surface area contributed by atoms with Crippen molar-refractivity contribution in [2.75, 3.05) is 25.4 Å². The second-order valence-corrected chi connectivity index (χ2v) is 8.51. The van der Waals surface area contributed by atoms with Crippen molar-refractivity contribution in [2.45, 2.75) is 32.0 Å². The van der Waals surface area contributed by atoms with Crippen molar-refractivity contribution in [2.24, 2.45) is 5.92 Å². The van der Waals surface area contributed by atoms with E-state index in [1.165, 1.54) is 6.42 Å². The van der Waals surface area contributed by atoms with Crippen molar-refractivity contribution in [3.05, 3.63) is 47.7 Å². The van der Waals surface area contributed by atoms with Gasteiger partial charge in [-0.1, -0.05) is 25.1 Å². The number of nitrogens with zero attached hydrogens (tertiary/aromatic N) is 1. The summed E-state index contributed by atoms with van der Waals surface area (Å²) in [6.07, 6.45) is -2.40. The number of nitrogens with one attached hydrogen (secondary N) is 1. The molecule has 2 aliphatic rings. The molecule has 1 aromatic heterocycles. The minimum atomic E-state index is -4.44. The van der Waals surface area contributed by atoms with Crippen LogP contribution in [0.5, 0.6) is 5.75 Å². The summed E-state index contributed by atoms with van der Waals surface area (Å²) in [7, 11) is 0. The van der Waals surface area contributed by atoms with Crippen LogP contribution in [0.4, 0.5) is 18.9 Å². The molecule has 158 valence electrons. The van der Waals surface area contributed by atoms with Crippen LogP contribution >= 0.6 is 0 Å². The number of halogens is 3. The number of fused-ring (bicyclic) bond motifs is 2. The van der Waals surface area contributed by atoms with Crippen LogP contribution in [0, 0.1) is 5.92 Å². The van der Waals surface area contributed by atoms with E-state index in [0.717, 1.165) is 48.0 Å². The Balaban J connectivity index is 1.55. The average Bonchev–Trinajstić information content (AvgIpc) is 3.34. The number of hydrogen-bond donors (Lipinski definition) is 2. The molecule has 0 aliphatic carbocycles. The fourth-order valence-electron chi connectivity index (χ4n) is 4.79. The molecule has 0 saturated carbocycles. The van der Waals surface area contributed by atoms with Crippen molar-refractivity contribution in [3.63, 3.8) is 0 Å². The highest BCUT2D eigenvalue weighted by molar-refractivity contribution is 6.00. The third-order valence-electron chi connectivity index (χ3n) is 6.42. The number of ether oxygens (including phenoxy) is 1. The van der Waals surface area contributed by atoms with Crippen molar-refractivity contribution < 1.29 is 17.9 Å². The van der Waals surface area contributed by atoms with Gasteiger partial charge in [0.25, 0.3) is 0 Å². The predicted molar refractivity (Wildman–Crippen MR) is 111 cm³/mol. The maximum atomic E-state index is 13.1. The Morgan fingerprint density at radius 2 is 2.00 bits per heavy atom. The fourth-order valence-corrected chi connectivity index (χ4v) is 4.79. The fraction of sp³-hybridized carbons (Fsp3) is 0.391. The van der Waals surface area contributed by atoms with Gasteiger partial charge in [-0.3, -0.25) is 4.90 Å². The van der Waals surface area contributed by atoms with E-state index in [9.17, 15) is 13.2 Å². The Hall–Kier alpha value is -2.67. The number of likely N-dealkylation sites (tertiary alicyclic amines) is 1. The minimum Gasteiger partial charge on any atom is -0.492 e. The number of nitrogens with two attached hydrogens (primary N) is 1. The first-order valence-corrected chi connectivity index (χ1v) is 10.3. The van der Waals surface area contributed by atoms with E-state index in [-0.39, 0.29) is 0 Å². The van der Waals surface area contributed by atoms with Crippen molar-refractivity contribution >= 4 is 16.6 Å². The lowest BCUT2D eigenvalue weighted by molar-refractivity contribution is -0.140. The summed E-state index contributed by atoms with van der Waals surface area (Å²) in [4.78, 5) is 4.91. The summed E-state index contributed by atoms with van der Waals surface area (Å²) in [5, 5.41) is 0.388. The highest BCUT2D eigenvalue weighted by atomic mass is 19.4. The molecule has 0 bridgehead atoms. The molecule has 2 aliphatic heterocycles. The Morgan fingerprint density at radius 3 is 2.73 bits per heavy atom. The number of aromatic amines is 1. The highest BCUT2D eigenvalue weighted by Gasteiger charge is 2.34. The molecule has 3 heterocycles. The molecule has 1 saturated heterocycles. The summed E-state index contributed by atoms with van der Waals surface area (Å²) in [6, 6.07) is 10.7. The number of rotatable bonds is 2. The number of benzene rings is 2. The standard InChI is InChI=1S/C23H24F3N3O/c1-13-7-8-29(11-13)14-9-17-15(3-2-4-20(17)30-12-14)16-5-6-19-18(22(16)27)10-21(28-19)23(24,25)26/h2-6,10,13-14,28H,7-9,11-12,27H2,1H3/t13-,14-/m1/s1. The Bertz CT molecular complexity index is 1110. The SMILES string of the molecule is C[C@@H]1CCN([C@H]2COc3cccc(-c4ccc5[nH]c(C(F)(F)F)cc5c4N)c3C2)C1. The average molecular weight is 415 g/mol. The Morgan fingerprint density at radius 1 is 1.17 bits per heavy atom. The Kier molecular flexibility index (Phi) is 4.47. The number of aromatic nitrogens is 1. The molecule has 0 radical (unpaired) electrons. The number of alkyl halides is 3. The van der Waals surface area contributed by atoms with Crippen LogP contribution in [-0.2, 0) is 12.6 Å². The maximum Gasteiger partial charge on any atom is 0.431 e. The van der Waals surface area contributed by atoms with E-state index in [0.29, 0.717) is 35.2 Å². The molecule has 5 rings (SSSR count). The molecule has 2 atom stereocenters. The smallest absolute Gasteiger partial charge is 0.431 e. The van der Waals surface area contributed by atoms with Crippen LogP contribution in [0.3, 0.4) is 0 Å². The first-order valence-electron chi connectivity index (χ1n) is 10.3. The topological polar surface area (TPSA) is 54.3 Å². The molecule has 7 heteroatoms. The van der Waals surface area contributed by atoms with Gasteiger partial charge in [-0.25, -0.2) is 0 Å². The quantitative estimate of drug-likeness (QED) is 0.574. The lowest BCUT2D eigenvalue weighted by Crippen LogP contribution is -2.41. The van der Waals surface area contributed by atoms with Crippen LogP contribution < -0.4 is 10.5 Å². The first-order chi connectivity index (χ1) is 14.3. The largest absolute Gasteiger partial charge is 0.492 e. The van der Waals surface area contributed by atoms with E-state index in [2.05, 4.69) is 16.8 Å². The van der Waals surface area contributed by atoms with Crippen LogP contribution in [0.25, 0.3) is 22.0 Å². The first kappa shape index (κ1) is 19.3. The third-order valence-corrected chi connectivity index (χ3v) is 6.42. The van der Waals surface area contributed by atoms with Gasteiger partial charge in [-0.05, 0) is 49.1 Å². The summed E-state index contributed by atoms with van der Waals surface area (Å²) in [5.41, 5.74) is 9.07. The van der Waals surface area contributed by atoms with Gasteiger partial charge in [0, 0.05) is 40.3 Å². The van der Waals surface area contributed by atoms with Gasteiger partial charge in [-0.15, -0.1) is 0 Å². The monoisotopic (exact) mass is 415 g/mol. The maximum absolute atomic E-state index is 13.1. The summed E-state index contributed by atoms with van der Waals surface area (Å²) in [5.74, 6) is 1.52. The van der Waals surface area contributed by atoms with Gasteiger partial charge in [0.2, 0.25) is 0 Å². The molecule has 2 aromatic carbocycles. The van der Waals surface area contributed by atoms with Gasteiger partial charge >= 0.3 is 6.18 Å². The molecule has 0 spiro atoms. The highest BCUT2D eigenvalue weighted by Crippen LogP contribution is 2.41. The van der Waals surface area contributed by atoms with Crippen LogP contribution in [-0.4, -0.2) is 35.6 Å². The van der Waals surface area contributed by atoms with E-state index in [1.54, 1.807) is 12.1 Å². The van der Waals surface area contributed by atoms with E-state index in [4.69, 9.17) is 10.5 Å². The zero-order valence-electron chi connectivity index (χ0n) is 16.7. The lowest BCUT2D eigenvalue weighted by Gasteiger charge is -2.33. The van der Waals surface area contributed by atoms with Gasteiger partial charge in [0.05, 0.1) is 0 Å². The third kappa shape index (κ3) is 3.21. The van der Waals surface area contributed by atoms with Gasteiger partial charge in [-0.2, -0.15) is 13.2 Å². The summed E-state index contributed by atoms with van der Waals surface area (Å²) in [6.45, 7) is 5.07. The normalized spacial score (nSPS) is 22.3. The number of nitrogen functional groups attached to an aromatic ring is 1. The van der Waals surface area contributed by atoms with Gasteiger partial charge in [0.1, 0.15) is 18.1 Å².